The molecule has 4 aromatic rings. The standard InChI is InChI=1S/C22H14BrClN2O/c23-16-7-5-6-15(14-16)12-13-21-25-19-10-3-1-8-17(19)22(27)26(21)20-11-4-2-9-18(20)24/h1-14H. The molecular formula is C22H14BrClN2O. The molecule has 0 aliphatic carbocycles. The maximum absolute atomic E-state index is 13.2. The quantitative estimate of drug-likeness (QED) is 0.396. The number of hydrogen-bond acceptors (Lipinski definition) is 2. The number of nitrogens with zero attached hydrogens (tertiary/aromatic N) is 2. The van der Waals surface area contributed by atoms with E-state index in [-0.39, 0.29) is 5.56 Å². The molecule has 0 radical (unpaired) electrons. The van der Waals surface area contributed by atoms with Crippen molar-refractivity contribution in [1.82, 2.24) is 9.55 Å². The normalized spacial score (nSPS) is 11.3. The molecule has 4 rings (SSSR count). The Morgan fingerprint density at radius 2 is 1.70 bits per heavy atom. The van der Waals surface area contributed by atoms with E-state index in [0.717, 1.165) is 10.0 Å². The molecule has 0 aliphatic heterocycles. The van der Waals surface area contributed by atoms with Crippen LogP contribution in [0.2, 0.25) is 5.02 Å². The minimum atomic E-state index is -0.150. The Morgan fingerprint density at radius 3 is 2.52 bits per heavy atom. The van der Waals surface area contributed by atoms with Gasteiger partial charge in [0.1, 0.15) is 5.82 Å². The van der Waals surface area contributed by atoms with Crippen molar-refractivity contribution < 1.29 is 0 Å². The third kappa shape index (κ3) is 3.59. The molecule has 132 valence electrons. The number of benzene rings is 3. The van der Waals surface area contributed by atoms with E-state index in [9.17, 15) is 4.79 Å². The van der Waals surface area contributed by atoms with Crippen molar-refractivity contribution in [3.8, 4) is 5.69 Å². The average Bonchev–Trinajstić information content (AvgIpc) is 2.68. The molecule has 1 aromatic heterocycles. The van der Waals surface area contributed by atoms with E-state index in [2.05, 4.69) is 15.9 Å². The Hall–Kier alpha value is -2.69. The van der Waals surface area contributed by atoms with Crippen molar-refractivity contribution in [2.24, 2.45) is 0 Å². The monoisotopic (exact) mass is 436 g/mol. The number of hydrogen-bond donors (Lipinski definition) is 0. The molecule has 1 heterocycles. The van der Waals surface area contributed by atoms with Crippen LogP contribution in [0.15, 0.2) is 82.1 Å². The lowest BCUT2D eigenvalue weighted by molar-refractivity contribution is 0.944. The predicted octanol–water partition coefficient (Wildman–Crippen LogP) is 5.97. The van der Waals surface area contributed by atoms with Crippen LogP contribution in [0.5, 0.6) is 0 Å². The lowest BCUT2D eigenvalue weighted by Crippen LogP contribution is -2.22. The third-order valence-electron chi connectivity index (χ3n) is 4.17. The fourth-order valence-electron chi connectivity index (χ4n) is 2.91. The Morgan fingerprint density at radius 1 is 0.926 bits per heavy atom. The summed E-state index contributed by atoms with van der Waals surface area (Å²) in [6.07, 6.45) is 3.76. The fraction of sp³-hybridized carbons (Fsp3) is 0. The molecule has 0 amide bonds. The van der Waals surface area contributed by atoms with Gasteiger partial charge in [-0.3, -0.25) is 9.36 Å². The SMILES string of the molecule is O=c1c2ccccc2nc(C=Cc2cccc(Br)c2)n1-c1ccccc1Cl. The Bertz CT molecular complexity index is 1230. The van der Waals surface area contributed by atoms with Crippen molar-refractivity contribution in [3.63, 3.8) is 0 Å². The van der Waals surface area contributed by atoms with Gasteiger partial charge in [-0.15, -0.1) is 0 Å². The van der Waals surface area contributed by atoms with Gasteiger partial charge >= 0.3 is 0 Å². The van der Waals surface area contributed by atoms with E-state index in [1.807, 2.05) is 72.8 Å². The van der Waals surface area contributed by atoms with Gasteiger partial charge in [-0.25, -0.2) is 4.98 Å². The van der Waals surface area contributed by atoms with Crippen LogP contribution in [-0.4, -0.2) is 9.55 Å². The smallest absolute Gasteiger partial charge is 0.266 e. The average molecular weight is 438 g/mol. The summed E-state index contributed by atoms with van der Waals surface area (Å²) in [4.78, 5) is 17.9. The number of fused-ring (bicyclic) bond motifs is 1. The zero-order valence-electron chi connectivity index (χ0n) is 14.1. The van der Waals surface area contributed by atoms with Crippen molar-refractivity contribution in [2.45, 2.75) is 0 Å². The van der Waals surface area contributed by atoms with Gasteiger partial charge in [-0.05, 0) is 48.0 Å². The van der Waals surface area contributed by atoms with Crippen LogP contribution in [0.4, 0.5) is 0 Å². The summed E-state index contributed by atoms with van der Waals surface area (Å²) in [5.41, 5.74) is 2.11. The summed E-state index contributed by atoms with van der Waals surface area (Å²) in [7, 11) is 0. The second-order valence-electron chi connectivity index (χ2n) is 5.97. The largest absolute Gasteiger partial charge is 0.268 e. The molecule has 0 fully saturated rings. The first-order valence-corrected chi connectivity index (χ1v) is 9.51. The summed E-state index contributed by atoms with van der Waals surface area (Å²) in [5.74, 6) is 0.520. The molecule has 3 aromatic carbocycles. The van der Waals surface area contributed by atoms with Gasteiger partial charge in [0.15, 0.2) is 0 Å². The van der Waals surface area contributed by atoms with Crippen LogP contribution in [0.25, 0.3) is 28.7 Å². The van der Waals surface area contributed by atoms with Gasteiger partial charge in [-0.1, -0.05) is 70.0 Å². The molecule has 0 saturated heterocycles. The Labute approximate surface area is 169 Å². The van der Waals surface area contributed by atoms with Crippen LogP contribution in [0, 0.1) is 0 Å². The second-order valence-corrected chi connectivity index (χ2v) is 7.29. The van der Waals surface area contributed by atoms with Crippen molar-refractivity contribution >= 4 is 50.6 Å². The van der Waals surface area contributed by atoms with E-state index in [1.54, 1.807) is 16.7 Å². The number of rotatable bonds is 3. The minimum Gasteiger partial charge on any atom is -0.268 e. The number of aromatic nitrogens is 2. The Balaban J connectivity index is 1.97. The molecule has 0 aliphatic rings. The molecule has 0 bridgehead atoms. The van der Waals surface area contributed by atoms with Gasteiger partial charge in [0, 0.05) is 4.47 Å². The second kappa shape index (κ2) is 7.51. The van der Waals surface area contributed by atoms with E-state index in [4.69, 9.17) is 16.6 Å². The molecule has 0 spiro atoms. The van der Waals surface area contributed by atoms with Crippen LogP contribution >= 0.6 is 27.5 Å². The van der Waals surface area contributed by atoms with E-state index in [1.165, 1.54) is 0 Å². The first-order valence-electron chi connectivity index (χ1n) is 8.34. The lowest BCUT2D eigenvalue weighted by atomic mass is 10.2. The first kappa shape index (κ1) is 17.7. The molecule has 5 heteroatoms. The number of para-hydroxylation sites is 2. The zero-order chi connectivity index (χ0) is 18.8. The summed E-state index contributed by atoms with van der Waals surface area (Å²) < 4.78 is 2.54. The van der Waals surface area contributed by atoms with Crippen molar-refractivity contribution in [1.29, 1.82) is 0 Å². The molecule has 0 atom stereocenters. The van der Waals surface area contributed by atoms with E-state index >= 15 is 0 Å². The van der Waals surface area contributed by atoms with E-state index in [0.29, 0.717) is 27.4 Å². The topological polar surface area (TPSA) is 34.9 Å². The maximum atomic E-state index is 13.2. The summed E-state index contributed by atoms with van der Waals surface area (Å²) in [6, 6.07) is 22.5. The molecule has 0 unspecified atom stereocenters. The van der Waals surface area contributed by atoms with Crippen LogP contribution in [-0.2, 0) is 0 Å². The molecule has 0 saturated carbocycles. The predicted molar refractivity (Wildman–Crippen MR) is 115 cm³/mol. The van der Waals surface area contributed by atoms with Gasteiger partial charge in [-0.2, -0.15) is 0 Å². The van der Waals surface area contributed by atoms with Gasteiger partial charge in [0.05, 0.1) is 21.6 Å². The van der Waals surface area contributed by atoms with Crippen molar-refractivity contribution in [2.75, 3.05) is 0 Å². The highest BCUT2D eigenvalue weighted by Crippen LogP contribution is 2.22. The maximum Gasteiger partial charge on any atom is 0.266 e. The van der Waals surface area contributed by atoms with Crippen molar-refractivity contribution in [3.05, 3.63) is 104 Å². The first-order chi connectivity index (χ1) is 13.1. The fourth-order valence-corrected chi connectivity index (χ4v) is 3.55. The Kier molecular flexibility index (Phi) is 4.92. The highest BCUT2D eigenvalue weighted by Gasteiger charge is 2.13. The highest BCUT2D eigenvalue weighted by molar-refractivity contribution is 9.10. The third-order valence-corrected chi connectivity index (χ3v) is 4.98. The van der Waals surface area contributed by atoms with Gasteiger partial charge in [0.2, 0.25) is 0 Å². The summed E-state index contributed by atoms with van der Waals surface area (Å²) in [5, 5.41) is 1.05. The molecular weight excluding hydrogens is 424 g/mol. The van der Waals surface area contributed by atoms with Crippen LogP contribution in [0.3, 0.4) is 0 Å². The summed E-state index contributed by atoms with van der Waals surface area (Å²) in [6.45, 7) is 0. The number of halogens is 2. The minimum absolute atomic E-state index is 0.150. The lowest BCUT2D eigenvalue weighted by Gasteiger charge is -2.12. The van der Waals surface area contributed by atoms with Gasteiger partial charge < -0.3 is 0 Å². The summed E-state index contributed by atoms with van der Waals surface area (Å²) >= 11 is 9.85. The van der Waals surface area contributed by atoms with Gasteiger partial charge in [0.25, 0.3) is 5.56 Å². The van der Waals surface area contributed by atoms with Crippen LogP contribution < -0.4 is 5.56 Å². The zero-order valence-corrected chi connectivity index (χ0v) is 16.5. The van der Waals surface area contributed by atoms with Crippen LogP contribution in [0.1, 0.15) is 11.4 Å². The molecule has 3 nitrogen and oxygen atoms in total. The van der Waals surface area contributed by atoms with E-state index < -0.39 is 0 Å². The molecule has 27 heavy (non-hydrogen) atoms. The molecule has 0 N–H and O–H groups in total. The highest BCUT2D eigenvalue weighted by atomic mass is 79.9.